The van der Waals surface area contributed by atoms with Gasteiger partial charge >= 0.3 is 0 Å². The summed E-state index contributed by atoms with van der Waals surface area (Å²) in [5.41, 5.74) is 3.55. The molecule has 2 aliphatic rings. The standard InChI is InChI=1S/C24H27N7O3/c1-25-21-10-19(17-12-30(14-7-9-34-13-14)22-15(17)4-3-8-26-22)28-23-16(11-27-31(21)23)24(32)29-18-5-6-20(18)33-2/h3-4,8,10-12,14,18,20,25H,5-7,9,13H2,1-2H3,(H,29,32)/t14-,18+,20+/m1/s1. The lowest BCUT2D eigenvalue weighted by Gasteiger charge is -2.35. The molecule has 176 valence electrons. The summed E-state index contributed by atoms with van der Waals surface area (Å²) in [6.45, 7) is 1.42. The van der Waals surface area contributed by atoms with Gasteiger partial charge in [0.1, 0.15) is 17.0 Å². The van der Waals surface area contributed by atoms with E-state index in [1.54, 1.807) is 24.0 Å². The molecule has 1 aliphatic carbocycles. The molecule has 1 amide bonds. The predicted molar refractivity (Wildman–Crippen MR) is 127 cm³/mol. The number of nitrogens with one attached hydrogen (secondary N) is 2. The van der Waals surface area contributed by atoms with Crippen molar-refractivity contribution < 1.29 is 14.3 Å². The summed E-state index contributed by atoms with van der Waals surface area (Å²) >= 11 is 0. The Morgan fingerprint density at radius 3 is 2.91 bits per heavy atom. The lowest BCUT2D eigenvalue weighted by molar-refractivity contribution is 0.00732. The van der Waals surface area contributed by atoms with Crippen LogP contribution in [0, 0.1) is 0 Å². The number of anilines is 1. The highest BCUT2D eigenvalue weighted by atomic mass is 16.5. The van der Waals surface area contributed by atoms with Crippen LogP contribution in [0.25, 0.3) is 27.9 Å². The van der Waals surface area contributed by atoms with Crippen molar-refractivity contribution in [3.05, 3.63) is 42.4 Å². The summed E-state index contributed by atoms with van der Waals surface area (Å²) in [6.07, 6.45) is 8.34. The smallest absolute Gasteiger partial charge is 0.257 e. The minimum absolute atomic E-state index is 0.0112. The molecule has 4 aromatic rings. The molecule has 0 radical (unpaired) electrons. The minimum atomic E-state index is -0.194. The van der Waals surface area contributed by atoms with Crippen LogP contribution < -0.4 is 10.6 Å². The molecule has 0 spiro atoms. The van der Waals surface area contributed by atoms with Crippen LogP contribution in [0.3, 0.4) is 0 Å². The van der Waals surface area contributed by atoms with E-state index >= 15 is 0 Å². The highest BCUT2D eigenvalue weighted by Crippen LogP contribution is 2.34. The summed E-state index contributed by atoms with van der Waals surface area (Å²) in [5, 5.41) is 11.7. The Morgan fingerprint density at radius 2 is 2.18 bits per heavy atom. The van der Waals surface area contributed by atoms with Crippen LogP contribution in [0.15, 0.2) is 36.8 Å². The van der Waals surface area contributed by atoms with E-state index in [1.165, 1.54) is 0 Å². The average molecular weight is 462 g/mol. The molecule has 5 heterocycles. The Balaban J connectivity index is 1.45. The fourth-order valence-corrected chi connectivity index (χ4v) is 4.91. The van der Waals surface area contributed by atoms with E-state index in [-0.39, 0.29) is 24.1 Å². The van der Waals surface area contributed by atoms with Crippen LogP contribution in [-0.2, 0) is 9.47 Å². The third kappa shape index (κ3) is 3.33. The van der Waals surface area contributed by atoms with Gasteiger partial charge in [0.2, 0.25) is 0 Å². The van der Waals surface area contributed by atoms with E-state index in [0.717, 1.165) is 54.0 Å². The number of pyridine rings is 1. The monoisotopic (exact) mass is 461 g/mol. The molecule has 34 heavy (non-hydrogen) atoms. The number of rotatable bonds is 6. The van der Waals surface area contributed by atoms with E-state index < -0.39 is 0 Å². The maximum Gasteiger partial charge on any atom is 0.257 e. The van der Waals surface area contributed by atoms with Crippen molar-refractivity contribution in [3.8, 4) is 11.3 Å². The number of nitrogens with zero attached hydrogens (tertiary/aromatic N) is 5. The molecule has 2 N–H and O–H groups in total. The van der Waals surface area contributed by atoms with Crippen LogP contribution in [0.5, 0.6) is 0 Å². The molecule has 10 heteroatoms. The Hall–Kier alpha value is -3.50. The first kappa shape index (κ1) is 21.1. The molecule has 3 atom stereocenters. The zero-order chi connectivity index (χ0) is 23.2. The van der Waals surface area contributed by atoms with Gasteiger partial charge in [0, 0.05) is 50.2 Å². The number of fused-ring (bicyclic) bond motifs is 2. The molecular formula is C24H27N7O3. The van der Waals surface area contributed by atoms with Crippen molar-refractivity contribution in [3.63, 3.8) is 0 Å². The number of ether oxygens (including phenoxy) is 2. The third-order valence-corrected chi connectivity index (χ3v) is 6.97. The zero-order valence-corrected chi connectivity index (χ0v) is 19.2. The lowest BCUT2D eigenvalue weighted by Crippen LogP contribution is -2.51. The zero-order valence-electron chi connectivity index (χ0n) is 19.2. The van der Waals surface area contributed by atoms with Gasteiger partial charge in [-0.25, -0.2) is 9.97 Å². The number of amides is 1. The van der Waals surface area contributed by atoms with Crippen LogP contribution in [0.1, 0.15) is 35.7 Å². The largest absolute Gasteiger partial charge is 0.379 e. The maximum absolute atomic E-state index is 13.1. The number of hydrogen-bond acceptors (Lipinski definition) is 7. The van der Waals surface area contributed by atoms with Gasteiger partial charge in [-0.15, -0.1) is 0 Å². The summed E-state index contributed by atoms with van der Waals surface area (Å²) in [7, 11) is 3.51. The van der Waals surface area contributed by atoms with Gasteiger partial charge in [0.25, 0.3) is 5.91 Å². The van der Waals surface area contributed by atoms with Crippen molar-refractivity contribution in [2.45, 2.75) is 37.5 Å². The second kappa shape index (κ2) is 8.37. The number of carbonyl (C=O) groups is 1. The van der Waals surface area contributed by atoms with Crippen molar-refractivity contribution in [2.75, 3.05) is 32.7 Å². The number of methoxy groups -OCH3 is 1. The van der Waals surface area contributed by atoms with E-state index in [9.17, 15) is 4.79 Å². The third-order valence-electron chi connectivity index (χ3n) is 6.97. The molecule has 1 saturated heterocycles. The summed E-state index contributed by atoms with van der Waals surface area (Å²) in [4.78, 5) is 22.7. The van der Waals surface area contributed by atoms with Gasteiger partial charge in [-0.05, 0) is 31.4 Å². The van der Waals surface area contributed by atoms with E-state index in [0.29, 0.717) is 17.8 Å². The Morgan fingerprint density at radius 1 is 1.26 bits per heavy atom. The molecular weight excluding hydrogens is 434 g/mol. The van der Waals surface area contributed by atoms with Crippen molar-refractivity contribution in [1.82, 2.24) is 29.5 Å². The summed E-state index contributed by atoms with van der Waals surface area (Å²) in [6, 6.07) is 6.19. The van der Waals surface area contributed by atoms with Crippen LogP contribution in [-0.4, -0.2) is 69.6 Å². The molecule has 0 unspecified atom stereocenters. The highest BCUT2D eigenvalue weighted by Gasteiger charge is 2.33. The topological polar surface area (TPSA) is 108 Å². The summed E-state index contributed by atoms with van der Waals surface area (Å²) in [5.74, 6) is 0.548. The van der Waals surface area contributed by atoms with Crippen molar-refractivity contribution in [2.24, 2.45) is 0 Å². The van der Waals surface area contributed by atoms with Crippen LogP contribution in [0.4, 0.5) is 5.82 Å². The van der Waals surface area contributed by atoms with Gasteiger partial charge in [0.15, 0.2) is 5.65 Å². The Kier molecular flexibility index (Phi) is 5.19. The molecule has 2 fully saturated rings. The SMILES string of the molecule is CNc1cc(-c2cn([C@@H]3CCOC3)c3ncccc23)nc2c(C(=O)N[C@H]3CC[C@@H]3OC)cnn12. The average Bonchev–Trinajstić information content (AvgIpc) is 3.59. The second-order valence-electron chi connectivity index (χ2n) is 8.84. The van der Waals surface area contributed by atoms with Crippen LogP contribution >= 0.6 is 0 Å². The van der Waals surface area contributed by atoms with Crippen LogP contribution in [0.2, 0.25) is 0 Å². The van der Waals surface area contributed by atoms with Gasteiger partial charge in [-0.3, -0.25) is 4.79 Å². The first-order chi connectivity index (χ1) is 16.7. The molecule has 0 bridgehead atoms. The number of hydrogen-bond donors (Lipinski definition) is 2. The number of carbonyl (C=O) groups excluding carboxylic acids is 1. The van der Waals surface area contributed by atoms with Gasteiger partial charge in [-0.2, -0.15) is 9.61 Å². The quantitative estimate of drug-likeness (QED) is 0.455. The number of aromatic nitrogens is 5. The minimum Gasteiger partial charge on any atom is -0.379 e. The van der Waals surface area contributed by atoms with Crippen molar-refractivity contribution >= 4 is 28.4 Å². The highest BCUT2D eigenvalue weighted by molar-refractivity contribution is 6.01. The fraction of sp³-hybridized carbons (Fsp3) is 0.417. The normalized spacial score (nSPS) is 22.2. The molecule has 6 rings (SSSR count). The molecule has 1 aliphatic heterocycles. The maximum atomic E-state index is 13.1. The fourth-order valence-electron chi connectivity index (χ4n) is 4.91. The predicted octanol–water partition coefficient (Wildman–Crippen LogP) is 2.66. The molecule has 10 nitrogen and oxygen atoms in total. The summed E-state index contributed by atoms with van der Waals surface area (Å²) < 4.78 is 14.9. The Bertz CT molecular complexity index is 1370. The molecule has 0 aromatic carbocycles. The molecule has 1 saturated carbocycles. The van der Waals surface area contributed by atoms with E-state index in [1.807, 2.05) is 19.2 Å². The molecule has 4 aromatic heterocycles. The first-order valence-electron chi connectivity index (χ1n) is 11.6. The second-order valence-corrected chi connectivity index (χ2v) is 8.84. The van der Waals surface area contributed by atoms with Gasteiger partial charge < -0.3 is 24.7 Å². The van der Waals surface area contributed by atoms with Crippen molar-refractivity contribution in [1.29, 1.82) is 0 Å². The van der Waals surface area contributed by atoms with E-state index in [4.69, 9.17) is 14.5 Å². The lowest BCUT2D eigenvalue weighted by atomic mass is 9.89. The van der Waals surface area contributed by atoms with E-state index in [2.05, 4.69) is 37.5 Å². The van der Waals surface area contributed by atoms with Gasteiger partial charge in [0.05, 0.1) is 36.7 Å². The van der Waals surface area contributed by atoms with Gasteiger partial charge in [-0.1, -0.05) is 0 Å². The Labute approximate surface area is 196 Å². The first-order valence-corrected chi connectivity index (χ1v) is 11.6.